The number of benzene rings is 1. The van der Waals surface area contributed by atoms with Crippen molar-refractivity contribution in [3.05, 3.63) is 48.3 Å². The van der Waals surface area contributed by atoms with Crippen LogP contribution in [0.3, 0.4) is 0 Å². The maximum atomic E-state index is 12.7. The van der Waals surface area contributed by atoms with Crippen molar-refractivity contribution in [3.63, 3.8) is 0 Å². The van der Waals surface area contributed by atoms with E-state index < -0.39 is 0 Å². The summed E-state index contributed by atoms with van der Waals surface area (Å²) in [5.74, 6) is 0.362. The van der Waals surface area contributed by atoms with E-state index in [0.717, 1.165) is 19.4 Å². The van der Waals surface area contributed by atoms with E-state index in [0.29, 0.717) is 23.7 Å². The fourth-order valence-electron chi connectivity index (χ4n) is 3.02. The van der Waals surface area contributed by atoms with Gasteiger partial charge in [-0.25, -0.2) is 9.97 Å². The molecule has 27 heavy (non-hydrogen) atoms. The lowest BCUT2D eigenvalue weighted by atomic mass is 10.1. The number of hydrogen-bond donors (Lipinski definition) is 2. The number of amides is 2. The molecule has 1 aliphatic heterocycles. The Morgan fingerprint density at radius 3 is 2.70 bits per heavy atom. The lowest BCUT2D eigenvalue weighted by molar-refractivity contribution is -0.118. The molecule has 2 heterocycles. The molecule has 2 N–H and O–H groups in total. The minimum absolute atomic E-state index is 0.0315. The lowest BCUT2D eigenvalue weighted by Crippen LogP contribution is -2.48. The van der Waals surface area contributed by atoms with Crippen LogP contribution in [0, 0.1) is 5.92 Å². The summed E-state index contributed by atoms with van der Waals surface area (Å²) in [6.45, 7) is 5.22. The number of carbonyl (C=O) groups is 2. The van der Waals surface area contributed by atoms with Crippen molar-refractivity contribution < 1.29 is 9.59 Å². The molecule has 0 spiro atoms. The molecular weight excluding hydrogens is 342 g/mol. The predicted molar refractivity (Wildman–Crippen MR) is 105 cm³/mol. The van der Waals surface area contributed by atoms with Gasteiger partial charge in [-0.2, -0.15) is 0 Å². The molecule has 3 rings (SSSR count). The van der Waals surface area contributed by atoms with Crippen LogP contribution in [0.1, 0.15) is 37.0 Å². The van der Waals surface area contributed by atoms with Gasteiger partial charge in [-0.3, -0.25) is 9.59 Å². The largest absolute Gasteiger partial charge is 0.348 e. The van der Waals surface area contributed by atoms with Crippen molar-refractivity contribution in [3.8, 4) is 0 Å². The number of hydrogen-bond acceptors (Lipinski definition) is 5. The van der Waals surface area contributed by atoms with Gasteiger partial charge in [0.2, 0.25) is 11.9 Å². The molecule has 2 aromatic rings. The first kappa shape index (κ1) is 18.8. The third kappa shape index (κ3) is 5.03. The van der Waals surface area contributed by atoms with E-state index in [1.54, 1.807) is 42.7 Å². The summed E-state index contributed by atoms with van der Waals surface area (Å²) in [5, 5.41) is 5.91. The van der Waals surface area contributed by atoms with E-state index in [1.807, 2.05) is 13.8 Å². The molecule has 0 radical (unpaired) electrons. The van der Waals surface area contributed by atoms with E-state index in [2.05, 4.69) is 25.5 Å². The number of rotatable bonds is 5. The Labute approximate surface area is 159 Å². The van der Waals surface area contributed by atoms with Crippen LogP contribution in [0.25, 0.3) is 0 Å². The zero-order valence-corrected chi connectivity index (χ0v) is 15.7. The molecule has 1 aromatic carbocycles. The molecule has 0 aliphatic carbocycles. The van der Waals surface area contributed by atoms with E-state index in [9.17, 15) is 9.59 Å². The first-order valence-electron chi connectivity index (χ1n) is 9.26. The van der Waals surface area contributed by atoms with Gasteiger partial charge in [0.05, 0.1) is 0 Å². The third-order valence-corrected chi connectivity index (χ3v) is 4.51. The number of nitrogens with one attached hydrogen (secondary N) is 2. The second-order valence-electron chi connectivity index (χ2n) is 7.03. The number of piperidine rings is 1. The highest BCUT2D eigenvalue weighted by Crippen LogP contribution is 2.17. The van der Waals surface area contributed by atoms with Gasteiger partial charge >= 0.3 is 0 Å². The van der Waals surface area contributed by atoms with Gasteiger partial charge in [-0.15, -0.1) is 0 Å². The maximum absolute atomic E-state index is 12.7. The van der Waals surface area contributed by atoms with Crippen molar-refractivity contribution in [1.82, 2.24) is 15.3 Å². The van der Waals surface area contributed by atoms with Crippen LogP contribution < -0.4 is 15.5 Å². The Hall–Kier alpha value is -2.96. The van der Waals surface area contributed by atoms with Crippen molar-refractivity contribution in [2.75, 3.05) is 23.3 Å². The highest BCUT2D eigenvalue weighted by Gasteiger charge is 2.23. The van der Waals surface area contributed by atoms with Gasteiger partial charge in [-0.1, -0.05) is 19.9 Å². The molecule has 142 valence electrons. The summed E-state index contributed by atoms with van der Waals surface area (Å²) in [6.07, 6.45) is 5.33. The Morgan fingerprint density at radius 1 is 1.19 bits per heavy atom. The quantitative estimate of drug-likeness (QED) is 0.848. The first-order valence-corrected chi connectivity index (χ1v) is 9.26. The zero-order chi connectivity index (χ0) is 19.2. The highest BCUT2D eigenvalue weighted by atomic mass is 16.2. The minimum atomic E-state index is -0.142. The van der Waals surface area contributed by atoms with Crippen LogP contribution >= 0.6 is 0 Å². The smallest absolute Gasteiger partial charge is 0.251 e. The SMILES string of the molecule is CC(C)C(=O)Nc1cccc(C(=O)NC2CCCN(c3ncccn3)C2)c1. The third-order valence-electron chi connectivity index (χ3n) is 4.51. The molecule has 1 atom stereocenters. The number of carbonyl (C=O) groups excluding carboxylic acids is 2. The van der Waals surface area contributed by atoms with Crippen LogP contribution in [-0.2, 0) is 4.79 Å². The Bertz CT molecular complexity index is 794. The van der Waals surface area contributed by atoms with Crippen molar-refractivity contribution in [2.45, 2.75) is 32.7 Å². The molecule has 1 fully saturated rings. The monoisotopic (exact) mass is 367 g/mol. The van der Waals surface area contributed by atoms with Gasteiger partial charge in [0.25, 0.3) is 5.91 Å². The molecular formula is C20H25N5O2. The Morgan fingerprint density at radius 2 is 1.96 bits per heavy atom. The van der Waals surface area contributed by atoms with Gasteiger partial charge in [0, 0.05) is 48.7 Å². The Balaban J connectivity index is 1.62. The van der Waals surface area contributed by atoms with Gasteiger partial charge in [0.15, 0.2) is 0 Å². The number of anilines is 2. The molecule has 1 saturated heterocycles. The average molecular weight is 367 g/mol. The van der Waals surface area contributed by atoms with Gasteiger partial charge in [-0.05, 0) is 37.1 Å². The zero-order valence-electron chi connectivity index (χ0n) is 15.7. The van der Waals surface area contributed by atoms with Crippen LogP contribution in [0.4, 0.5) is 11.6 Å². The average Bonchev–Trinajstić information content (AvgIpc) is 2.69. The predicted octanol–water partition coefficient (Wildman–Crippen LogP) is 2.47. The van der Waals surface area contributed by atoms with Gasteiger partial charge in [0.1, 0.15) is 0 Å². The van der Waals surface area contributed by atoms with Crippen molar-refractivity contribution in [2.24, 2.45) is 5.92 Å². The maximum Gasteiger partial charge on any atom is 0.251 e. The van der Waals surface area contributed by atoms with E-state index in [1.165, 1.54) is 0 Å². The second kappa shape index (κ2) is 8.62. The van der Waals surface area contributed by atoms with Gasteiger partial charge < -0.3 is 15.5 Å². The van der Waals surface area contributed by atoms with Crippen LogP contribution in [-0.4, -0.2) is 40.9 Å². The van der Waals surface area contributed by atoms with E-state index in [-0.39, 0.29) is 23.8 Å². The van der Waals surface area contributed by atoms with Crippen LogP contribution in [0.5, 0.6) is 0 Å². The molecule has 0 saturated carbocycles. The normalized spacial score (nSPS) is 16.9. The standard InChI is InChI=1S/C20H25N5O2/c1-14(2)18(26)23-16-7-3-6-15(12-16)19(27)24-17-8-4-11-25(13-17)20-21-9-5-10-22-20/h3,5-7,9-10,12,14,17H,4,8,11,13H2,1-2H3,(H,23,26)(H,24,27). The molecule has 2 amide bonds. The molecule has 0 bridgehead atoms. The summed E-state index contributed by atoms with van der Waals surface area (Å²) in [7, 11) is 0. The summed E-state index contributed by atoms with van der Waals surface area (Å²) in [6, 6.07) is 8.83. The fraction of sp³-hybridized carbons (Fsp3) is 0.400. The van der Waals surface area contributed by atoms with Crippen molar-refractivity contribution >= 4 is 23.5 Å². The summed E-state index contributed by atoms with van der Waals surface area (Å²) < 4.78 is 0. The second-order valence-corrected chi connectivity index (χ2v) is 7.03. The highest BCUT2D eigenvalue weighted by molar-refractivity contribution is 5.97. The molecule has 7 nitrogen and oxygen atoms in total. The summed E-state index contributed by atoms with van der Waals surface area (Å²) in [4.78, 5) is 35.2. The fourth-order valence-corrected chi connectivity index (χ4v) is 3.02. The molecule has 7 heteroatoms. The van der Waals surface area contributed by atoms with Crippen LogP contribution in [0.15, 0.2) is 42.7 Å². The molecule has 1 aromatic heterocycles. The summed E-state index contributed by atoms with van der Waals surface area (Å²) >= 11 is 0. The Kier molecular flexibility index (Phi) is 6.01. The van der Waals surface area contributed by atoms with Crippen molar-refractivity contribution in [1.29, 1.82) is 0 Å². The molecule has 1 unspecified atom stereocenters. The minimum Gasteiger partial charge on any atom is -0.348 e. The number of aromatic nitrogens is 2. The first-order chi connectivity index (χ1) is 13.0. The lowest BCUT2D eigenvalue weighted by Gasteiger charge is -2.33. The van der Waals surface area contributed by atoms with E-state index in [4.69, 9.17) is 0 Å². The number of nitrogens with zero attached hydrogens (tertiary/aromatic N) is 3. The van der Waals surface area contributed by atoms with E-state index >= 15 is 0 Å². The summed E-state index contributed by atoms with van der Waals surface area (Å²) in [5.41, 5.74) is 1.16. The topological polar surface area (TPSA) is 87.2 Å². The van der Waals surface area contributed by atoms with Crippen LogP contribution in [0.2, 0.25) is 0 Å². The molecule has 1 aliphatic rings.